The zero-order valence-electron chi connectivity index (χ0n) is 8.39. The maximum atomic E-state index is 11.1. The van der Waals surface area contributed by atoms with Crippen molar-refractivity contribution >= 4 is 24.7 Å². The monoisotopic (exact) mass is 213 g/mol. The average molecular weight is 213 g/mol. The fourth-order valence-electron chi connectivity index (χ4n) is 0.896. The average Bonchev–Trinajstić information content (AvgIpc) is 2.24. The van der Waals surface area contributed by atoms with Crippen LogP contribution in [0.1, 0.15) is 12.8 Å². The molecule has 0 saturated carbocycles. The molecule has 1 unspecified atom stereocenters. The Morgan fingerprint density at radius 2 is 2.20 bits per heavy atom. The van der Waals surface area contributed by atoms with Gasteiger partial charge in [-0.2, -0.15) is 0 Å². The van der Waals surface area contributed by atoms with E-state index in [0.29, 0.717) is 19.0 Å². The molecule has 0 aliphatic rings. The summed E-state index contributed by atoms with van der Waals surface area (Å²) >= 11 is 0. The van der Waals surface area contributed by atoms with E-state index in [1.165, 1.54) is 6.21 Å². The van der Waals surface area contributed by atoms with Crippen LogP contribution in [0.3, 0.4) is 0 Å². The third kappa shape index (κ3) is 7.51. The van der Waals surface area contributed by atoms with Gasteiger partial charge in [0.1, 0.15) is 19.1 Å². The van der Waals surface area contributed by atoms with Crippen LogP contribution in [-0.2, 0) is 14.4 Å². The Kier molecular flexibility index (Phi) is 8.08. The predicted molar refractivity (Wildman–Crippen MR) is 55.7 cm³/mol. The van der Waals surface area contributed by atoms with Gasteiger partial charge >= 0.3 is 0 Å². The number of nitrogens with two attached hydrogens (primary N) is 1. The molecule has 0 bridgehead atoms. The number of nitrogens with zero attached hydrogens (tertiary/aromatic N) is 1. The second-order valence-corrected chi connectivity index (χ2v) is 2.81. The summed E-state index contributed by atoms with van der Waals surface area (Å²) in [5, 5.41) is 2.44. The second-order valence-electron chi connectivity index (χ2n) is 2.81. The van der Waals surface area contributed by atoms with E-state index in [1.807, 2.05) is 0 Å². The van der Waals surface area contributed by atoms with Gasteiger partial charge in [-0.15, -0.1) is 0 Å². The number of hydrogen-bond donors (Lipinski definition) is 2. The van der Waals surface area contributed by atoms with E-state index in [4.69, 9.17) is 5.73 Å². The maximum absolute atomic E-state index is 11.1. The van der Waals surface area contributed by atoms with Gasteiger partial charge in [0.15, 0.2) is 0 Å². The van der Waals surface area contributed by atoms with Gasteiger partial charge < -0.3 is 20.6 Å². The largest absolute Gasteiger partial charge is 0.345 e. The van der Waals surface area contributed by atoms with E-state index in [-0.39, 0.29) is 25.4 Å². The summed E-state index contributed by atoms with van der Waals surface area (Å²) in [7, 11) is 0. The van der Waals surface area contributed by atoms with Crippen LogP contribution in [-0.4, -0.2) is 43.8 Å². The Bertz CT molecular complexity index is 241. The summed E-state index contributed by atoms with van der Waals surface area (Å²) in [5.74, 6) is -0.359. The molecule has 0 aromatic heterocycles. The summed E-state index contributed by atoms with van der Waals surface area (Å²) in [6, 6.07) is -0.615. The number of aldehydes is 2. The first-order chi connectivity index (χ1) is 7.24. The van der Waals surface area contributed by atoms with Gasteiger partial charge in [0.2, 0.25) is 5.91 Å². The molecular weight excluding hydrogens is 198 g/mol. The van der Waals surface area contributed by atoms with Crippen LogP contribution in [0.5, 0.6) is 0 Å². The summed E-state index contributed by atoms with van der Waals surface area (Å²) in [4.78, 5) is 35.4. The van der Waals surface area contributed by atoms with Crippen LogP contribution in [0, 0.1) is 0 Å². The highest BCUT2D eigenvalue weighted by Crippen LogP contribution is 1.91. The normalized spacial score (nSPS) is 12.3. The van der Waals surface area contributed by atoms with Crippen molar-refractivity contribution in [3.05, 3.63) is 0 Å². The molecule has 1 atom stereocenters. The number of aliphatic imine (C=N–C) groups is 1. The Morgan fingerprint density at radius 1 is 1.47 bits per heavy atom. The van der Waals surface area contributed by atoms with E-state index in [1.54, 1.807) is 0 Å². The smallest absolute Gasteiger partial charge is 0.242 e. The molecule has 84 valence electrons. The van der Waals surface area contributed by atoms with Gasteiger partial charge in [0, 0.05) is 19.2 Å². The second kappa shape index (κ2) is 9.01. The van der Waals surface area contributed by atoms with Crippen molar-refractivity contribution in [1.29, 1.82) is 0 Å². The third-order valence-electron chi connectivity index (χ3n) is 1.58. The van der Waals surface area contributed by atoms with Crippen molar-refractivity contribution in [2.45, 2.75) is 18.9 Å². The van der Waals surface area contributed by atoms with E-state index in [9.17, 15) is 14.4 Å². The van der Waals surface area contributed by atoms with Crippen molar-refractivity contribution < 1.29 is 14.4 Å². The van der Waals surface area contributed by atoms with E-state index >= 15 is 0 Å². The van der Waals surface area contributed by atoms with Gasteiger partial charge in [0.05, 0.1) is 6.04 Å². The number of rotatable bonds is 8. The van der Waals surface area contributed by atoms with Crippen LogP contribution >= 0.6 is 0 Å². The molecule has 0 rings (SSSR count). The first-order valence-corrected chi connectivity index (χ1v) is 4.61. The molecule has 0 saturated heterocycles. The molecule has 0 spiro atoms. The number of nitrogens with one attached hydrogen (secondary N) is 1. The minimum Gasteiger partial charge on any atom is -0.345 e. The SMILES string of the molecule is NCC=NCC(=O)NC(C=O)CCC=O. The van der Waals surface area contributed by atoms with Crippen LogP contribution in [0.15, 0.2) is 4.99 Å². The lowest BCUT2D eigenvalue weighted by Gasteiger charge is -2.09. The highest BCUT2D eigenvalue weighted by atomic mass is 16.2. The molecule has 3 N–H and O–H groups in total. The molecule has 0 aromatic rings. The Balaban J connectivity index is 3.84. The van der Waals surface area contributed by atoms with Gasteiger partial charge in [-0.05, 0) is 6.42 Å². The lowest BCUT2D eigenvalue weighted by molar-refractivity contribution is -0.123. The van der Waals surface area contributed by atoms with Crippen molar-refractivity contribution in [2.24, 2.45) is 10.7 Å². The highest BCUT2D eigenvalue weighted by Gasteiger charge is 2.09. The molecule has 15 heavy (non-hydrogen) atoms. The van der Waals surface area contributed by atoms with Gasteiger partial charge in [-0.1, -0.05) is 0 Å². The highest BCUT2D eigenvalue weighted by molar-refractivity contribution is 5.82. The van der Waals surface area contributed by atoms with Crippen molar-refractivity contribution in [2.75, 3.05) is 13.1 Å². The Labute approximate surface area is 87.9 Å². The van der Waals surface area contributed by atoms with E-state index in [0.717, 1.165) is 0 Å². The summed E-state index contributed by atoms with van der Waals surface area (Å²) < 4.78 is 0. The van der Waals surface area contributed by atoms with E-state index in [2.05, 4.69) is 10.3 Å². The number of hydrogen-bond acceptors (Lipinski definition) is 5. The van der Waals surface area contributed by atoms with Gasteiger partial charge in [0.25, 0.3) is 0 Å². The standard InChI is InChI=1S/C9H15N3O3/c10-3-4-11-6-9(15)12-8(7-14)2-1-5-13/h4-5,7-8H,1-3,6,10H2,(H,12,15). The van der Waals surface area contributed by atoms with Gasteiger partial charge in [-0.25, -0.2) is 0 Å². The molecule has 1 amide bonds. The molecule has 0 aliphatic heterocycles. The lowest BCUT2D eigenvalue weighted by Crippen LogP contribution is -2.37. The zero-order valence-corrected chi connectivity index (χ0v) is 8.39. The first kappa shape index (κ1) is 13.4. The van der Waals surface area contributed by atoms with Crippen LogP contribution in [0.25, 0.3) is 0 Å². The van der Waals surface area contributed by atoms with Crippen LogP contribution < -0.4 is 11.1 Å². The fraction of sp³-hybridized carbons (Fsp3) is 0.556. The summed E-state index contributed by atoms with van der Waals surface area (Å²) in [6.45, 7) is 0.220. The molecule has 0 fully saturated rings. The Morgan fingerprint density at radius 3 is 2.73 bits per heavy atom. The van der Waals surface area contributed by atoms with Crippen molar-refractivity contribution in [3.63, 3.8) is 0 Å². The summed E-state index contributed by atoms with van der Waals surface area (Å²) in [5.41, 5.74) is 5.13. The summed E-state index contributed by atoms with van der Waals surface area (Å²) in [6.07, 6.45) is 3.29. The van der Waals surface area contributed by atoms with Crippen LogP contribution in [0.2, 0.25) is 0 Å². The third-order valence-corrected chi connectivity index (χ3v) is 1.58. The van der Waals surface area contributed by atoms with E-state index < -0.39 is 6.04 Å². The Hall–Kier alpha value is -1.56. The molecule has 6 heteroatoms. The minimum atomic E-state index is -0.615. The first-order valence-electron chi connectivity index (χ1n) is 4.61. The predicted octanol–water partition coefficient (Wildman–Crippen LogP) is -1.32. The molecular formula is C9H15N3O3. The van der Waals surface area contributed by atoms with Crippen molar-refractivity contribution in [1.82, 2.24) is 5.32 Å². The fourth-order valence-corrected chi connectivity index (χ4v) is 0.896. The molecule has 0 radical (unpaired) electrons. The molecule has 0 aromatic carbocycles. The van der Waals surface area contributed by atoms with Crippen molar-refractivity contribution in [3.8, 4) is 0 Å². The minimum absolute atomic E-state index is 0.0529. The molecule has 0 aliphatic carbocycles. The molecule has 0 heterocycles. The van der Waals surface area contributed by atoms with Gasteiger partial charge in [-0.3, -0.25) is 9.79 Å². The molecule has 6 nitrogen and oxygen atoms in total. The quantitative estimate of drug-likeness (QED) is 0.385. The zero-order chi connectivity index (χ0) is 11.5. The lowest BCUT2D eigenvalue weighted by atomic mass is 10.2. The topological polar surface area (TPSA) is 102 Å². The van der Waals surface area contributed by atoms with Crippen LogP contribution in [0.4, 0.5) is 0 Å². The maximum Gasteiger partial charge on any atom is 0.242 e. The number of amides is 1. The number of carbonyl (C=O) groups is 3. The number of carbonyl (C=O) groups excluding carboxylic acids is 3.